The van der Waals surface area contributed by atoms with E-state index in [-0.39, 0.29) is 0 Å². The molecule has 0 bridgehead atoms. The summed E-state index contributed by atoms with van der Waals surface area (Å²) in [6.07, 6.45) is 4.28. The Balaban J connectivity index is 1.25. The van der Waals surface area contributed by atoms with Crippen LogP contribution in [0, 0.1) is 0 Å². The fourth-order valence-corrected chi connectivity index (χ4v) is 5.53. The maximum atomic E-state index is 4.97. The van der Waals surface area contributed by atoms with Crippen molar-refractivity contribution < 1.29 is 0 Å². The maximum Gasteiger partial charge on any atom is 0.0964 e. The number of rotatable bonds is 4. The lowest BCUT2D eigenvalue weighted by molar-refractivity contribution is 0.205. The molecule has 3 nitrogen and oxygen atoms in total. The van der Waals surface area contributed by atoms with Crippen LogP contribution in [0.1, 0.15) is 29.3 Å². The first-order valence-corrected chi connectivity index (χ1v) is 11.7. The zero-order chi connectivity index (χ0) is 19.6. The number of nitrogens with zero attached hydrogens (tertiary/aromatic N) is 3. The average Bonchev–Trinajstić information content (AvgIpc) is 3.25. The molecule has 0 unspecified atom stereocenters. The maximum absolute atomic E-state index is 4.97. The van der Waals surface area contributed by atoms with Gasteiger partial charge in [0.1, 0.15) is 0 Å². The van der Waals surface area contributed by atoms with Gasteiger partial charge in [0.05, 0.1) is 16.2 Å². The van der Waals surface area contributed by atoms with Crippen LogP contribution in [0.3, 0.4) is 0 Å². The lowest BCUT2D eigenvalue weighted by Crippen LogP contribution is -2.32. The van der Waals surface area contributed by atoms with Crippen molar-refractivity contribution in [2.24, 2.45) is 0 Å². The first-order chi connectivity index (χ1) is 14.3. The number of hydrogen-bond donors (Lipinski definition) is 0. The Morgan fingerprint density at radius 2 is 1.90 bits per heavy atom. The molecule has 0 aliphatic carbocycles. The summed E-state index contributed by atoms with van der Waals surface area (Å²) in [4.78, 5) is 12.0. The summed E-state index contributed by atoms with van der Waals surface area (Å²) in [5.74, 6) is 0.575. The predicted octanol–water partition coefficient (Wildman–Crippen LogP) is 6.50. The third-order valence-electron chi connectivity index (χ3n) is 5.71. The zero-order valence-corrected chi connectivity index (χ0v) is 18.5. The van der Waals surface area contributed by atoms with Gasteiger partial charge in [-0.05, 0) is 55.8 Å². The van der Waals surface area contributed by atoms with Crippen LogP contribution in [-0.4, -0.2) is 28.0 Å². The number of likely N-dealkylation sites (tertiary alicyclic amines) is 1. The van der Waals surface area contributed by atoms with E-state index in [9.17, 15) is 0 Å². The minimum Gasteiger partial charge on any atom is -0.299 e. The van der Waals surface area contributed by atoms with Gasteiger partial charge in [-0.15, -0.1) is 11.3 Å². The van der Waals surface area contributed by atoms with Crippen LogP contribution in [0.5, 0.6) is 0 Å². The van der Waals surface area contributed by atoms with E-state index in [0.29, 0.717) is 5.92 Å². The third kappa shape index (κ3) is 4.13. The van der Waals surface area contributed by atoms with Gasteiger partial charge < -0.3 is 0 Å². The van der Waals surface area contributed by atoms with E-state index in [1.54, 1.807) is 0 Å². The quantitative estimate of drug-likeness (QED) is 0.345. The van der Waals surface area contributed by atoms with E-state index in [1.807, 2.05) is 17.5 Å². The highest BCUT2D eigenvalue weighted by Gasteiger charge is 2.23. The zero-order valence-electron chi connectivity index (χ0n) is 16.1. The molecule has 4 aromatic rings. The highest BCUT2D eigenvalue weighted by molar-refractivity contribution is 9.10. The highest BCUT2D eigenvalue weighted by Crippen LogP contribution is 2.34. The Kier molecular flexibility index (Phi) is 5.44. The van der Waals surface area contributed by atoms with Gasteiger partial charge in [-0.2, -0.15) is 0 Å². The minimum atomic E-state index is 0.575. The standard InChI is InChI=1S/C24H22BrN3S/c25-20-5-3-4-18(14-20)23-16-29-24(27-23)17-9-12-28(13-10-17)15-19-8-11-26-22-7-2-1-6-21(19)22/h1-8,11,14,16-17H,9-10,12-13,15H2. The highest BCUT2D eigenvalue weighted by atomic mass is 79.9. The molecular formula is C24H22BrN3S. The molecule has 5 heteroatoms. The first-order valence-electron chi connectivity index (χ1n) is 10.0. The van der Waals surface area contributed by atoms with Gasteiger partial charge in [-0.3, -0.25) is 9.88 Å². The summed E-state index contributed by atoms with van der Waals surface area (Å²) in [5, 5.41) is 4.76. The van der Waals surface area contributed by atoms with Crippen molar-refractivity contribution in [2.75, 3.05) is 13.1 Å². The van der Waals surface area contributed by atoms with Crippen molar-refractivity contribution in [3.8, 4) is 11.3 Å². The van der Waals surface area contributed by atoms with Crippen LogP contribution in [0.4, 0.5) is 0 Å². The number of thiazole rings is 1. The van der Waals surface area contributed by atoms with E-state index < -0.39 is 0 Å². The average molecular weight is 464 g/mol. The van der Waals surface area contributed by atoms with Crippen LogP contribution in [0.15, 0.2) is 70.6 Å². The predicted molar refractivity (Wildman–Crippen MR) is 124 cm³/mol. The molecule has 1 saturated heterocycles. The fourth-order valence-electron chi connectivity index (χ4n) is 4.13. The van der Waals surface area contributed by atoms with Crippen molar-refractivity contribution in [1.82, 2.24) is 14.9 Å². The molecular weight excluding hydrogens is 442 g/mol. The summed E-state index contributed by atoms with van der Waals surface area (Å²) < 4.78 is 1.10. The molecule has 1 fully saturated rings. The summed E-state index contributed by atoms with van der Waals surface area (Å²) >= 11 is 5.37. The van der Waals surface area contributed by atoms with Crippen LogP contribution < -0.4 is 0 Å². The topological polar surface area (TPSA) is 29.0 Å². The van der Waals surface area contributed by atoms with Gasteiger partial charge in [0, 0.05) is 39.5 Å². The second kappa shape index (κ2) is 8.34. The number of hydrogen-bond acceptors (Lipinski definition) is 4. The Hall–Kier alpha value is -2.08. The number of aromatic nitrogens is 2. The molecule has 5 rings (SSSR count). The molecule has 1 aliphatic heterocycles. The Bertz CT molecular complexity index is 1130. The largest absolute Gasteiger partial charge is 0.299 e. The third-order valence-corrected chi connectivity index (χ3v) is 7.21. The number of piperidine rings is 1. The van der Waals surface area contributed by atoms with Crippen LogP contribution in [0.2, 0.25) is 0 Å². The molecule has 1 aliphatic rings. The van der Waals surface area contributed by atoms with Crippen LogP contribution in [0.25, 0.3) is 22.2 Å². The van der Waals surface area contributed by atoms with E-state index in [4.69, 9.17) is 4.98 Å². The van der Waals surface area contributed by atoms with Crippen molar-refractivity contribution in [3.63, 3.8) is 0 Å². The summed E-state index contributed by atoms with van der Waals surface area (Å²) in [7, 11) is 0. The molecule has 0 amide bonds. The van der Waals surface area contributed by atoms with Crippen molar-refractivity contribution in [2.45, 2.75) is 25.3 Å². The van der Waals surface area contributed by atoms with E-state index in [0.717, 1.165) is 35.3 Å². The summed E-state index contributed by atoms with van der Waals surface area (Å²) in [6, 6.07) is 19.0. The number of pyridine rings is 1. The van der Waals surface area contributed by atoms with Crippen LogP contribution >= 0.6 is 27.3 Å². The second-order valence-electron chi connectivity index (χ2n) is 7.62. The van der Waals surface area contributed by atoms with Gasteiger partial charge in [-0.25, -0.2) is 4.98 Å². The number of halogens is 1. The SMILES string of the molecule is Brc1cccc(-c2csc(C3CCN(Cc4ccnc5ccccc45)CC3)n2)c1. The Morgan fingerprint density at radius 3 is 2.76 bits per heavy atom. The second-order valence-corrected chi connectivity index (χ2v) is 9.42. The van der Waals surface area contributed by atoms with Gasteiger partial charge in [-0.1, -0.05) is 46.3 Å². The normalized spacial score (nSPS) is 15.8. The lowest BCUT2D eigenvalue weighted by atomic mass is 9.97. The number of benzene rings is 2. The molecule has 29 heavy (non-hydrogen) atoms. The van der Waals surface area contributed by atoms with Crippen molar-refractivity contribution in [1.29, 1.82) is 0 Å². The van der Waals surface area contributed by atoms with Gasteiger partial charge in [0.2, 0.25) is 0 Å². The van der Waals surface area contributed by atoms with E-state index >= 15 is 0 Å². The van der Waals surface area contributed by atoms with Gasteiger partial charge in [0.15, 0.2) is 0 Å². The van der Waals surface area contributed by atoms with E-state index in [1.165, 1.54) is 34.4 Å². The molecule has 146 valence electrons. The van der Waals surface area contributed by atoms with Gasteiger partial charge >= 0.3 is 0 Å². The number of para-hydroxylation sites is 1. The summed E-state index contributed by atoms with van der Waals surface area (Å²) in [6.45, 7) is 3.23. The smallest absolute Gasteiger partial charge is 0.0964 e. The lowest BCUT2D eigenvalue weighted by Gasteiger charge is -2.31. The first kappa shape index (κ1) is 18.9. The van der Waals surface area contributed by atoms with Gasteiger partial charge in [0.25, 0.3) is 0 Å². The molecule has 2 aromatic heterocycles. The van der Waals surface area contributed by atoms with E-state index in [2.05, 4.69) is 85.8 Å². The molecule has 0 saturated carbocycles. The minimum absolute atomic E-state index is 0.575. The van der Waals surface area contributed by atoms with Crippen LogP contribution in [-0.2, 0) is 6.54 Å². The molecule has 0 radical (unpaired) electrons. The molecule has 0 spiro atoms. The molecule has 0 N–H and O–H groups in total. The van der Waals surface area contributed by atoms with Crippen molar-refractivity contribution >= 4 is 38.2 Å². The molecule has 2 aromatic carbocycles. The fraction of sp³-hybridized carbons (Fsp3) is 0.250. The molecule has 0 atom stereocenters. The van der Waals surface area contributed by atoms with Crippen molar-refractivity contribution in [3.05, 3.63) is 81.2 Å². The summed E-state index contributed by atoms with van der Waals surface area (Å²) in [5.41, 5.74) is 4.74. The Morgan fingerprint density at radius 1 is 1.03 bits per heavy atom. The monoisotopic (exact) mass is 463 g/mol. The molecule has 3 heterocycles. The Labute approximate surface area is 183 Å². The number of fused-ring (bicyclic) bond motifs is 1.